The van der Waals surface area contributed by atoms with Crippen LogP contribution in [0.3, 0.4) is 0 Å². The standard InChI is InChI=1S/C32H36N4O5S/c1-32(2,3)42(37)36-27(20-23-10-9-13-29(34-23)38-18-19-40-30-14-7-8-17-39-30)24-11-5-6-12-25(24)31-26-16-15-22(33-4)21-28(26)41-35-31/h5-6,9-13,15-16,21,27,30,36H,7-8,14,17-20H2,1-3H3/t27-,30?,42-/m0/s1. The Morgan fingerprint density at radius 2 is 1.98 bits per heavy atom. The van der Waals surface area contributed by atoms with E-state index >= 15 is 0 Å². The molecule has 1 fully saturated rings. The Morgan fingerprint density at radius 1 is 1.12 bits per heavy atom. The third kappa shape index (κ3) is 7.41. The second-order valence-electron chi connectivity index (χ2n) is 11.1. The highest BCUT2D eigenvalue weighted by Gasteiger charge is 2.27. The van der Waals surface area contributed by atoms with Crippen molar-refractivity contribution in [3.05, 3.63) is 83.3 Å². The van der Waals surface area contributed by atoms with Gasteiger partial charge in [0.05, 0.1) is 35.0 Å². The molecule has 1 aliphatic heterocycles. The van der Waals surface area contributed by atoms with E-state index in [0.717, 1.165) is 48.1 Å². The number of nitrogens with one attached hydrogen (secondary N) is 1. The number of nitrogens with zero attached hydrogens (tertiary/aromatic N) is 3. The van der Waals surface area contributed by atoms with E-state index in [1.165, 1.54) is 0 Å². The van der Waals surface area contributed by atoms with Crippen LogP contribution in [0.5, 0.6) is 5.88 Å². The van der Waals surface area contributed by atoms with E-state index in [4.69, 9.17) is 30.3 Å². The SMILES string of the molecule is [C-]#[N+]c1ccc2c(-c3ccccc3[C@H](Cc3cccc(OCCOC4CCCCO4)n3)N[S@@](=O)C(C)(C)C)noc2c1. The van der Waals surface area contributed by atoms with Gasteiger partial charge in [-0.2, -0.15) is 0 Å². The molecule has 0 bridgehead atoms. The minimum absolute atomic E-state index is 0.159. The van der Waals surface area contributed by atoms with Crippen LogP contribution in [-0.4, -0.2) is 45.2 Å². The summed E-state index contributed by atoms with van der Waals surface area (Å²) in [6, 6.07) is 18.5. The predicted octanol–water partition coefficient (Wildman–Crippen LogP) is 6.70. The smallest absolute Gasteiger partial charge is 0.213 e. The van der Waals surface area contributed by atoms with Gasteiger partial charge in [-0.1, -0.05) is 47.6 Å². The summed E-state index contributed by atoms with van der Waals surface area (Å²) < 4.78 is 39.1. The second kappa shape index (κ2) is 13.6. The van der Waals surface area contributed by atoms with Crippen molar-refractivity contribution >= 4 is 27.6 Å². The zero-order valence-electron chi connectivity index (χ0n) is 24.2. The average molecular weight is 589 g/mol. The van der Waals surface area contributed by atoms with Crippen molar-refractivity contribution in [1.29, 1.82) is 0 Å². The van der Waals surface area contributed by atoms with Crippen molar-refractivity contribution < 1.29 is 22.9 Å². The largest absolute Gasteiger partial charge is 0.475 e. The molecule has 0 aliphatic carbocycles. The molecule has 1 saturated heterocycles. The number of hydrogen-bond acceptors (Lipinski definition) is 7. The molecular weight excluding hydrogens is 552 g/mol. The summed E-state index contributed by atoms with van der Waals surface area (Å²) in [5.74, 6) is 0.503. The fourth-order valence-corrected chi connectivity index (χ4v) is 5.58. The Bertz CT molecular complexity index is 1570. The first-order chi connectivity index (χ1) is 20.3. The lowest BCUT2D eigenvalue weighted by Crippen LogP contribution is -2.36. The lowest BCUT2D eigenvalue weighted by atomic mass is 9.94. The zero-order chi connectivity index (χ0) is 29.5. The van der Waals surface area contributed by atoms with Gasteiger partial charge in [0.25, 0.3) is 0 Å². The highest BCUT2D eigenvalue weighted by atomic mass is 32.2. The van der Waals surface area contributed by atoms with Crippen molar-refractivity contribution in [2.45, 2.75) is 63.5 Å². The van der Waals surface area contributed by atoms with Crippen LogP contribution in [0.1, 0.15) is 57.3 Å². The normalized spacial score (nSPS) is 17.0. The molecule has 42 heavy (non-hydrogen) atoms. The fourth-order valence-electron chi connectivity index (χ4n) is 4.76. The zero-order valence-corrected chi connectivity index (χ0v) is 25.0. The van der Waals surface area contributed by atoms with Gasteiger partial charge < -0.3 is 18.7 Å². The minimum atomic E-state index is -1.36. The molecule has 0 saturated carbocycles. The van der Waals surface area contributed by atoms with E-state index in [-0.39, 0.29) is 12.3 Å². The summed E-state index contributed by atoms with van der Waals surface area (Å²) in [7, 11) is -1.36. The number of benzene rings is 2. The molecule has 2 aromatic carbocycles. The highest BCUT2D eigenvalue weighted by molar-refractivity contribution is 7.84. The number of ether oxygens (including phenoxy) is 3. The van der Waals surface area contributed by atoms with Crippen molar-refractivity contribution in [3.8, 4) is 17.1 Å². The van der Waals surface area contributed by atoms with E-state index in [1.54, 1.807) is 12.1 Å². The van der Waals surface area contributed by atoms with Gasteiger partial charge in [-0.05, 0) is 57.7 Å². The minimum Gasteiger partial charge on any atom is -0.475 e. The number of rotatable bonds is 11. The molecular formula is C32H36N4O5S. The van der Waals surface area contributed by atoms with Gasteiger partial charge in [-0.25, -0.2) is 18.8 Å². The van der Waals surface area contributed by atoms with Crippen LogP contribution in [-0.2, 0) is 26.9 Å². The molecule has 3 heterocycles. The summed E-state index contributed by atoms with van der Waals surface area (Å²) in [6.07, 6.45) is 3.40. The second-order valence-corrected chi connectivity index (χ2v) is 13.1. The monoisotopic (exact) mass is 588 g/mol. The van der Waals surface area contributed by atoms with Crippen LogP contribution in [0.15, 0.2) is 65.2 Å². The average Bonchev–Trinajstić information content (AvgIpc) is 3.42. The summed E-state index contributed by atoms with van der Waals surface area (Å²) in [5, 5.41) is 5.18. The summed E-state index contributed by atoms with van der Waals surface area (Å²) in [5.41, 5.74) is 4.24. The number of fused-ring (bicyclic) bond motifs is 1. The topological polar surface area (TPSA) is 100 Å². The van der Waals surface area contributed by atoms with Crippen molar-refractivity contribution in [2.75, 3.05) is 19.8 Å². The molecule has 1 N–H and O–H groups in total. The van der Waals surface area contributed by atoms with Gasteiger partial charge in [-0.3, -0.25) is 0 Å². The van der Waals surface area contributed by atoms with Crippen LogP contribution < -0.4 is 9.46 Å². The van der Waals surface area contributed by atoms with E-state index < -0.39 is 15.7 Å². The molecule has 5 rings (SSSR count). The number of pyridine rings is 1. The molecule has 4 aromatic rings. The Labute approximate surface area is 249 Å². The molecule has 0 amide bonds. The summed E-state index contributed by atoms with van der Waals surface area (Å²) in [4.78, 5) is 8.23. The Morgan fingerprint density at radius 3 is 2.76 bits per heavy atom. The van der Waals surface area contributed by atoms with Crippen LogP contribution in [0.4, 0.5) is 5.69 Å². The molecule has 0 radical (unpaired) electrons. The molecule has 2 aromatic heterocycles. The molecule has 1 unspecified atom stereocenters. The Balaban J connectivity index is 1.39. The molecule has 9 nitrogen and oxygen atoms in total. The molecule has 1 aliphatic rings. The predicted molar refractivity (Wildman–Crippen MR) is 162 cm³/mol. The first-order valence-corrected chi connectivity index (χ1v) is 15.3. The van der Waals surface area contributed by atoms with Crippen LogP contribution in [0.2, 0.25) is 0 Å². The first kappa shape index (κ1) is 29.9. The quantitative estimate of drug-likeness (QED) is 0.154. The molecule has 0 spiro atoms. The van der Waals surface area contributed by atoms with Crippen molar-refractivity contribution in [3.63, 3.8) is 0 Å². The van der Waals surface area contributed by atoms with Crippen LogP contribution in [0, 0.1) is 6.57 Å². The molecule has 10 heteroatoms. The van der Waals surface area contributed by atoms with Crippen molar-refractivity contribution in [1.82, 2.24) is 14.9 Å². The van der Waals surface area contributed by atoms with Gasteiger partial charge in [0.2, 0.25) is 5.88 Å². The van der Waals surface area contributed by atoms with Gasteiger partial charge in [0.1, 0.15) is 12.3 Å². The van der Waals surface area contributed by atoms with E-state index in [1.807, 2.05) is 69.3 Å². The fraction of sp³-hybridized carbons (Fsp3) is 0.406. The maximum atomic E-state index is 13.4. The third-order valence-corrected chi connectivity index (χ3v) is 8.56. The highest BCUT2D eigenvalue weighted by Crippen LogP contribution is 2.36. The number of aromatic nitrogens is 2. The molecule has 220 valence electrons. The lowest BCUT2D eigenvalue weighted by molar-refractivity contribution is -0.165. The first-order valence-electron chi connectivity index (χ1n) is 14.2. The van der Waals surface area contributed by atoms with Gasteiger partial charge >= 0.3 is 0 Å². The van der Waals surface area contributed by atoms with Gasteiger partial charge in [0, 0.05) is 35.7 Å². The van der Waals surface area contributed by atoms with Crippen LogP contribution >= 0.6 is 0 Å². The summed E-state index contributed by atoms with van der Waals surface area (Å²) >= 11 is 0. The van der Waals surface area contributed by atoms with Crippen molar-refractivity contribution in [2.24, 2.45) is 0 Å². The van der Waals surface area contributed by atoms with Gasteiger partial charge in [0.15, 0.2) is 17.6 Å². The summed E-state index contributed by atoms with van der Waals surface area (Å²) in [6.45, 7) is 14.6. The van der Waals surface area contributed by atoms with E-state index in [0.29, 0.717) is 42.5 Å². The Kier molecular flexibility index (Phi) is 9.65. The Hall–Kier alpha value is -3.62. The lowest BCUT2D eigenvalue weighted by Gasteiger charge is -2.26. The van der Waals surface area contributed by atoms with E-state index in [2.05, 4.69) is 14.7 Å². The van der Waals surface area contributed by atoms with E-state index in [9.17, 15) is 4.21 Å². The third-order valence-electron chi connectivity index (χ3n) is 6.95. The maximum absolute atomic E-state index is 13.4. The molecule has 3 atom stereocenters. The number of hydrogen-bond donors (Lipinski definition) is 1. The van der Waals surface area contributed by atoms with Gasteiger partial charge in [-0.15, -0.1) is 0 Å². The van der Waals surface area contributed by atoms with Crippen LogP contribution in [0.25, 0.3) is 27.1 Å². The maximum Gasteiger partial charge on any atom is 0.213 e.